The highest BCUT2D eigenvalue weighted by atomic mass is 79.9. The largest absolute Gasteiger partial charge is 0.481 e. The number of halogens is 1. The molecule has 2 aromatic heterocycles. The van der Waals surface area contributed by atoms with E-state index in [2.05, 4.69) is 26.2 Å². The van der Waals surface area contributed by atoms with Gasteiger partial charge in [0.1, 0.15) is 5.56 Å². The zero-order chi connectivity index (χ0) is 15.4. The molecule has 1 amide bonds. The monoisotopic (exact) mass is 351 g/mol. The zero-order valence-corrected chi connectivity index (χ0v) is 13.2. The second-order valence-electron chi connectivity index (χ2n) is 4.29. The molecule has 0 aliphatic heterocycles. The highest BCUT2D eigenvalue weighted by Crippen LogP contribution is 2.11. The number of aromatic nitrogens is 2. The van der Waals surface area contributed by atoms with E-state index in [1.807, 2.05) is 6.07 Å². The maximum absolute atomic E-state index is 12.3. The fourth-order valence-electron chi connectivity index (χ4n) is 1.84. The van der Waals surface area contributed by atoms with Gasteiger partial charge in [-0.1, -0.05) is 6.07 Å². The van der Waals surface area contributed by atoms with Crippen molar-refractivity contribution >= 4 is 21.8 Å². The van der Waals surface area contributed by atoms with E-state index in [-0.39, 0.29) is 11.1 Å². The first-order chi connectivity index (χ1) is 10.0. The number of nitrogens with zero attached hydrogens (tertiary/aromatic N) is 2. The van der Waals surface area contributed by atoms with Gasteiger partial charge in [-0.3, -0.25) is 9.59 Å². The van der Waals surface area contributed by atoms with Gasteiger partial charge in [-0.15, -0.1) is 0 Å². The molecule has 110 valence electrons. The first-order valence-corrected chi connectivity index (χ1v) is 6.95. The van der Waals surface area contributed by atoms with E-state index in [1.165, 1.54) is 24.8 Å². The number of hydrogen-bond donors (Lipinski definition) is 1. The maximum Gasteiger partial charge on any atom is 0.263 e. The smallest absolute Gasteiger partial charge is 0.263 e. The maximum atomic E-state index is 12.3. The second kappa shape index (κ2) is 6.53. The van der Waals surface area contributed by atoms with Gasteiger partial charge in [0.25, 0.3) is 11.5 Å². The van der Waals surface area contributed by atoms with E-state index < -0.39 is 5.91 Å². The van der Waals surface area contributed by atoms with Gasteiger partial charge < -0.3 is 14.6 Å². The Kier molecular flexibility index (Phi) is 4.74. The van der Waals surface area contributed by atoms with Crippen molar-refractivity contribution < 1.29 is 9.53 Å². The van der Waals surface area contributed by atoms with Crippen LogP contribution < -0.4 is 15.6 Å². The Morgan fingerprint density at radius 1 is 1.48 bits per heavy atom. The summed E-state index contributed by atoms with van der Waals surface area (Å²) in [6.45, 7) is 0.319. The summed E-state index contributed by atoms with van der Waals surface area (Å²) in [4.78, 5) is 28.1. The molecule has 21 heavy (non-hydrogen) atoms. The lowest BCUT2D eigenvalue weighted by Crippen LogP contribution is -2.31. The fourth-order valence-corrected chi connectivity index (χ4v) is 2.31. The number of carbonyl (C=O) groups excluding carboxylic acids is 1. The van der Waals surface area contributed by atoms with Gasteiger partial charge in [-0.05, 0) is 27.6 Å². The molecule has 0 unspecified atom stereocenters. The minimum atomic E-state index is -0.414. The van der Waals surface area contributed by atoms with Crippen molar-refractivity contribution in [2.24, 2.45) is 0 Å². The van der Waals surface area contributed by atoms with Crippen LogP contribution in [0.5, 0.6) is 5.88 Å². The number of nitrogens with one attached hydrogen (secondary N) is 1. The highest BCUT2D eigenvalue weighted by Gasteiger charge is 2.12. The molecule has 7 heteroatoms. The summed E-state index contributed by atoms with van der Waals surface area (Å²) in [7, 11) is 3.02. The lowest BCUT2D eigenvalue weighted by Gasteiger charge is -2.09. The molecule has 0 saturated carbocycles. The van der Waals surface area contributed by atoms with Gasteiger partial charge in [-0.2, -0.15) is 0 Å². The molecule has 0 bridgehead atoms. The van der Waals surface area contributed by atoms with E-state index >= 15 is 0 Å². The van der Waals surface area contributed by atoms with Crippen molar-refractivity contribution in [2.75, 3.05) is 14.2 Å². The van der Waals surface area contributed by atoms with E-state index in [0.29, 0.717) is 16.9 Å². The lowest BCUT2D eigenvalue weighted by molar-refractivity contribution is 0.0961. The minimum absolute atomic E-state index is 0.0911. The third-order valence-electron chi connectivity index (χ3n) is 2.88. The summed E-state index contributed by atoms with van der Waals surface area (Å²) in [5.74, 6) is 0.0919. The van der Waals surface area contributed by atoms with Crippen LogP contribution in [0.2, 0.25) is 0 Å². The molecule has 2 rings (SSSR count). The highest BCUT2D eigenvalue weighted by molar-refractivity contribution is 9.10. The first-order valence-electron chi connectivity index (χ1n) is 6.16. The summed E-state index contributed by atoms with van der Waals surface area (Å²) < 4.78 is 7.10. The number of hydrogen-bond acceptors (Lipinski definition) is 4. The number of rotatable bonds is 4. The number of pyridine rings is 2. The van der Waals surface area contributed by atoms with Gasteiger partial charge in [0.15, 0.2) is 0 Å². The Bertz CT molecular complexity index is 710. The molecule has 0 aliphatic carbocycles. The van der Waals surface area contributed by atoms with E-state index in [4.69, 9.17) is 4.74 Å². The van der Waals surface area contributed by atoms with Gasteiger partial charge in [-0.25, -0.2) is 4.98 Å². The minimum Gasteiger partial charge on any atom is -0.481 e. The van der Waals surface area contributed by atoms with Crippen molar-refractivity contribution in [3.05, 3.63) is 56.5 Å². The topological polar surface area (TPSA) is 73.2 Å². The number of carbonyl (C=O) groups is 1. The lowest BCUT2D eigenvalue weighted by atomic mass is 10.2. The Balaban J connectivity index is 2.37. The van der Waals surface area contributed by atoms with Crippen LogP contribution in [0.4, 0.5) is 0 Å². The normalized spacial score (nSPS) is 10.2. The molecule has 0 spiro atoms. The summed E-state index contributed by atoms with van der Waals surface area (Å²) in [6, 6.07) is 5.04. The first kappa shape index (κ1) is 15.2. The Labute approximate surface area is 129 Å². The average Bonchev–Trinajstić information content (AvgIpc) is 2.50. The van der Waals surface area contributed by atoms with Crippen LogP contribution in [-0.2, 0) is 6.54 Å². The van der Waals surface area contributed by atoms with Crippen LogP contribution in [-0.4, -0.2) is 29.6 Å². The van der Waals surface area contributed by atoms with Crippen molar-refractivity contribution in [1.29, 1.82) is 0 Å². The predicted molar refractivity (Wildman–Crippen MR) is 81.7 cm³/mol. The van der Waals surface area contributed by atoms with Crippen molar-refractivity contribution in [3.63, 3.8) is 0 Å². The molecule has 0 radical (unpaired) electrons. The Morgan fingerprint density at radius 2 is 2.24 bits per heavy atom. The van der Waals surface area contributed by atoms with E-state index in [0.717, 1.165) is 5.56 Å². The van der Waals surface area contributed by atoms with Crippen LogP contribution >= 0.6 is 15.9 Å². The fraction of sp³-hybridized carbons (Fsp3) is 0.214. The molecule has 2 aromatic rings. The van der Waals surface area contributed by atoms with Crippen molar-refractivity contribution in [2.45, 2.75) is 6.54 Å². The predicted octanol–water partition coefficient (Wildman–Crippen LogP) is 1.42. The standard InChI is InChI=1S/C14H14BrN3O3/c1-16-13(19)11-5-10(15)8-18(14(11)20)7-9-3-4-12(21-2)17-6-9/h3-6,8H,7H2,1-2H3,(H,16,19). The molecule has 0 fully saturated rings. The summed E-state index contributed by atoms with van der Waals surface area (Å²) in [5.41, 5.74) is 0.570. The zero-order valence-electron chi connectivity index (χ0n) is 11.6. The Hall–Kier alpha value is -2.15. The summed E-state index contributed by atoms with van der Waals surface area (Å²) in [5, 5.41) is 2.45. The molecule has 0 aromatic carbocycles. The molecule has 0 aliphatic rings. The number of methoxy groups -OCH3 is 1. The van der Waals surface area contributed by atoms with E-state index in [1.54, 1.807) is 18.5 Å². The SMILES string of the molecule is CNC(=O)c1cc(Br)cn(Cc2ccc(OC)nc2)c1=O. The molecule has 2 heterocycles. The quantitative estimate of drug-likeness (QED) is 0.903. The van der Waals surface area contributed by atoms with Crippen LogP contribution in [0.3, 0.4) is 0 Å². The van der Waals surface area contributed by atoms with Gasteiger partial charge in [0.05, 0.1) is 13.7 Å². The molecular weight excluding hydrogens is 338 g/mol. The van der Waals surface area contributed by atoms with Gasteiger partial charge >= 0.3 is 0 Å². The molecule has 0 saturated heterocycles. The third kappa shape index (κ3) is 3.49. The third-order valence-corrected chi connectivity index (χ3v) is 3.32. The summed E-state index contributed by atoms with van der Waals surface area (Å²) >= 11 is 3.31. The van der Waals surface area contributed by atoms with Gasteiger partial charge in [0, 0.05) is 30.0 Å². The average molecular weight is 352 g/mol. The van der Waals surface area contributed by atoms with Crippen LogP contribution in [0.15, 0.2) is 39.9 Å². The molecule has 6 nitrogen and oxygen atoms in total. The molecule has 1 N–H and O–H groups in total. The van der Waals surface area contributed by atoms with Crippen molar-refractivity contribution in [3.8, 4) is 5.88 Å². The second-order valence-corrected chi connectivity index (χ2v) is 5.21. The van der Waals surface area contributed by atoms with Crippen LogP contribution in [0.1, 0.15) is 15.9 Å². The van der Waals surface area contributed by atoms with Gasteiger partial charge in [0.2, 0.25) is 5.88 Å². The van der Waals surface area contributed by atoms with Crippen LogP contribution in [0, 0.1) is 0 Å². The molecular formula is C14H14BrN3O3. The number of amides is 1. The van der Waals surface area contributed by atoms with E-state index in [9.17, 15) is 9.59 Å². The van der Waals surface area contributed by atoms with Crippen molar-refractivity contribution in [1.82, 2.24) is 14.9 Å². The Morgan fingerprint density at radius 3 is 2.81 bits per heavy atom. The summed E-state index contributed by atoms with van der Waals surface area (Å²) in [6.07, 6.45) is 3.27. The molecule has 0 atom stereocenters. The van der Waals surface area contributed by atoms with Crippen LogP contribution in [0.25, 0.3) is 0 Å². The number of ether oxygens (including phenoxy) is 1.